The topological polar surface area (TPSA) is 110 Å². The van der Waals surface area contributed by atoms with E-state index in [9.17, 15) is 9.00 Å². The summed E-state index contributed by atoms with van der Waals surface area (Å²) in [6, 6.07) is 8.54. The number of urea groups is 1. The van der Waals surface area contributed by atoms with Crippen molar-refractivity contribution in [2.45, 2.75) is 19.6 Å². The third-order valence-corrected chi connectivity index (χ3v) is 3.92. The molecule has 8 heteroatoms. The molecule has 2 amide bonds. The van der Waals surface area contributed by atoms with Crippen LogP contribution in [-0.2, 0) is 16.6 Å². The van der Waals surface area contributed by atoms with Crippen LogP contribution in [0, 0.1) is 5.92 Å². The summed E-state index contributed by atoms with van der Waals surface area (Å²) in [5.41, 5.74) is 7.89. The lowest BCUT2D eigenvalue weighted by molar-refractivity contribution is 0.251. The van der Waals surface area contributed by atoms with Crippen LogP contribution >= 0.6 is 0 Å². The van der Waals surface area contributed by atoms with Gasteiger partial charge in [0.2, 0.25) is 0 Å². The van der Waals surface area contributed by atoms with Crippen molar-refractivity contribution in [2.75, 3.05) is 23.9 Å². The summed E-state index contributed by atoms with van der Waals surface area (Å²) in [4.78, 5) is 20.4. The molecule has 0 saturated carbocycles. The van der Waals surface area contributed by atoms with Crippen LogP contribution < -0.4 is 16.4 Å². The van der Waals surface area contributed by atoms with Crippen molar-refractivity contribution in [2.24, 2.45) is 5.92 Å². The predicted octanol–water partition coefficient (Wildman–Crippen LogP) is 2.38. The standard InChI is InChI=1S/C17H23N5O2S/c1-11(2)9-19-17(23)21-13-6-4-12(5-7-13)16-20-14(10-25(3)24)8-15(18)22-16/h4-8,11H,9-10H2,1-3H3,(H2,18,20,22)(H2,19,21,23). The zero-order valence-electron chi connectivity index (χ0n) is 14.6. The summed E-state index contributed by atoms with van der Waals surface area (Å²) < 4.78 is 11.4. The van der Waals surface area contributed by atoms with Crippen molar-refractivity contribution in [3.8, 4) is 11.4 Å². The van der Waals surface area contributed by atoms with Crippen LogP contribution in [0.1, 0.15) is 19.5 Å². The van der Waals surface area contributed by atoms with Crippen LogP contribution in [0.5, 0.6) is 0 Å². The Hall–Kier alpha value is -2.48. The highest BCUT2D eigenvalue weighted by Gasteiger charge is 2.08. The van der Waals surface area contributed by atoms with Crippen molar-refractivity contribution in [3.05, 3.63) is 36.0 Å². The van der Waals surface area contributed by atoms with E-state index in [4.69, 9.17) is 5.73 Å². The molecule has 1 aromatic carbocycles. The van der Waals surface area contributed by atoms with Gasteiger partial charge in [-0.25, -0.2) is 14.8 Å². The molecule has 0 aliphatic heterocycles. The fourth-order valence-electron chi connectivity index (χ4n) is 2.10. The van der Waals surface area contributed by atoms with E-state index in [0.29, 0.717) is 41.2 Å². The number of hydrogen-bond acceptors (Lipinski definition) is 5. The van der Waals surface area contributed by atoms with Gasteiger partial charge in [-0.3, -0.25) is 4.21 Å². The highest BCUT2D eigenvalue weighted by molar-refractivity contribution is 7.83. The molecule has 2 rings (SSSR count). The van der Waals surface area contributed by atoms with Gasteiger partial charge in [0.1, 0.15) is 5.82 Å². The Morgan fingerprint density at radius 2 is 1.92 bits per heavy atom. The molecule has 0 saturated heterocycles. The van der Waals surface area contributed by atoms with Gasteiger partial charge in [-0.2, -0.15) is 0 Å². The molecule has 134 valence electrons. The number of carbonyl (C=O) groups excluding carboxylic acids is 1. The number of nitrogen functional groups attached to an aromatic ring is 1. The van der Waals surface area contributed by atoms with Crippen molar-refractivity contribution in [1.82, 2.24) is 15.3 Å². The lowest BCUT2D eigenvalue weighted by Crippen LogP contribution is -2.31. The second-order valence-electron chi connectivity index (χ2n) is 6.13. The summed E-state index contributed by atoms with van der Waals surface area (Å²) in [5.74, 6) is 1.52. The van der Waals surface area contributed by atoms with Crippen molar-refractivity contribution >= 4 is 28.3 Å². The molecule has 0 aliphatic carbocycles. The van der Waals surface area contributed by atoms with Crippen molar-refractivity contribution < 1.29 is 9.00 Å². The summed E-state index contributed by atoms with van der Waals surface area (Å²) in [5, 5.41) is 5.56. The minimum atomic E-state index is -1.01. The molecular formula is C17H23N5O2S. The molecule has 25 heavy (non-hydrogen) atoms. The van der Waals surface area contributed by atoms with E-state index in [1.165, 1.54) is 0 Å². The summed E-state index contributed by atoms with van der Waals surface area (Å²) >= 11 is 0. The molecule has 0 radical (unpaired) electrons. The Labute approximate surface area is 149 Å². The molecule has 0 aliphatic rings. The van der Waals surface area contributed by atoms with Gasteiger partial charge in [0.05, 0.1) is 11.4 Å². The second kappa shape index (κ2) is 8.57. The molecule has 2 aromatic rings. The Bertz CT molecular complexity index is 762. The Balaban J connectivity index is 2.10. The number of nitrogens with two attached hydrogens (primary N) is 1. The Morgan fingerprint density at radius 1 is 1.24 bits per heavy atom. The average molecular weight is 361 g/mol. The highest BCUT2D eigenvalue weighted by atomic mass is 32.2. The van der Waals surface area contributed by atoms with Crippen molar-refractivity contribution in [1.29, 1.82) is 0 Å². The predicted molar refractivity (Wildman–Crippen MR) is 102 cm³/mol. The van der Waals surface area contributed by atoms with Gasteiger partial charge in [0.15, 0.2) is 5.82 Å². The number of hydrogen-bond donors (Lipinski definition) is 3. The fourth-order valence-corrected chi connectivity index (χ4v) is 2.67. The van der Waals surface area contributed by atoms with E-state index < -0.39 is 10.8 Å². The van der Waals surface area contributed by atoms with Gasteiger partial charge in [0, 0.05) is 40.9 Å². The van der Waals surface area contributed by atoms with Crippen molar-refractivity contribution in [3.63, 3.8) is 0 Å². The maximum atomic E-state index is 11.8. The number of anilines is 2. The molecule has 0 bridgehead atoms. The van der Waals surface area contributed by atoms with E-state index in [-0.39, 0.29) is 6.03 Å². The zero-order valence-corrected chi connectivity index (χ0v) is 15.4. The first-order valence-corrected chi connectivity index (χ1v) is 9.65. The van der Waals surface area contributed by atoms with Crippen LogP contribution in [0.4, 0.5) is 16.3 Å². The van der Waals surface area contributed by atoms with Crippen LogP contribution in [-0.4, -0.2) is 33.0 Å². The molecular weight excluding hydrogens is 338 g/mol. The van der Waals surface area contributed by atoms with Gasteiger partial charge in [-0.05, 0) is 30.2 Å². The van der Waals surface area contributed by atoms with Gasteiger partial charge in [-0.15, -0.1) is 0 Å². The zero-order chi connectivity index (χ0) is 18.4. The molecule has 1 heterocycles. The van der Waals surface area contributed by atoms with Gasteiger partial charge < -0.3 is 16.4 Å². The summed E-state index contributed by atoms with van der Waals surface area (Å²) in [7, 11) is -1.01. The number of carbonyl (C=O) groups is 1. The second-order valence-corrected chi connectivity index (χ2v) is 7.57. The maximum Gasteiger partial charge on any atom is 0.319 e. The third-order valence-electron chi connectivity index (χ3n) is 3.22. The van der Waals surface area contributed by atoms with E-state index in [1.807, 2.05) is 13.8 Å². The van der Waals surface area contributed by atoms with E-state index in [0.717, 1.165) is 5.56 Å². The van der Waals surface area contributed by atoms with Crippen LogP contribution in [0.25, 0.3) is 11.4 Å². The van der Waals surface area contributed by atoms with Crippen LogP contribution in [0.15, 0.2) is 30.3 Å². The summed E-state index contributed by atoms with van der Waals surface area (Å²) in [6.07, 6.45) is 1.61. The first-order valence-electron chi connectivity index (χ1n) is 7.92. The average Bonchev–Trinajstić information content (AvgIpc) is 2.52. The van der Waals surface area contributed by atoms with Crippen LogP contribution in [0.3, 0.4) is 0 Å². The van der Waals surface area contributed by atoms with E-state index in [1.54, 1.807) is 36.6 Å². The van der Waals surface area contributed by atoms with Gasteiger partial charge in [-0.1, -0.05) is 13.8 Å². The third kappa shape index (κ3) is 6.15. The lowest BCUT2D eigenvalue weighted by Gasteiger charge is -2.10. The minimum absolute atomic E-state index is 0.241. The Kier molecular flexibility index (Phi) is 6.46. The normalized spacial score (nSPS) is 12.0. The molecule has 7 nitrogen and oxygen atoms in total. The number of nitrogens with zero attached hydrogens (tertiary/aromatic N) is 2. The number of rotatable bonds is 6. The SMILES string of the molecule is CC(C)CNC(=O)Nc1ccc(-c2nc(N)cc(CS(C)=O)n2)cc1. The number of amides is 2. The summed E-state index contributed by atoms with van der Waals surface area (Å²) in [6.45, 7) is 4.68. The fraction of sp³-hybridized carbons (Fsp3) is 0.353. The molecule has 1 unspecified atom stereocenters. The monoisotopic (exact) mass is 361 g/mol. The first-order chi connectivity index (χ1) is 11.8. The maximum absolute atomic E-state index is 11.8. The van der Waals surface area contributed by atoms with Crippen LogP contribution in [0.2, 0.25) is 0 Å². The number of benzene rings is 1. The van der Waals surface area contributed by atoms with Gasteiger partial charge in [0.25, 0.3) is 0 Å². The van der Waals surface area contributed by atoms with E-state index >= 15 is 0 Å². The Morgan fingerprint density at radius 3 is 2.52 bits per heavy atom. The molecule has 1 atom stereocenters. The van der Waals surface area contributed by atoms with E-state index in [2.05, 4.69) is 20.6 Å². The smallest absolute Gasteiger partial charge is 0.319 e. The lowest BCUT2D eigenvalue weighted by atomic mass is 10.2. The minimum Gasteiger partial charge on any atom is -0.384 e. The molecule has 1 aromatic heterocycles. The van der Waals surface area contributed by atoms with Gasteiger partial charge >= 0.3 is 6.03 Å². The number of nitrogens with one attached hydrogen (secondary N) is 2. The molecule has 4 N–H and O–H groups in total. The quantitative estimate of drug-likeness (QED) is 0.732. The first kappa shape index (κ1) is 18.9. The molecule has 0 fully saturated rings. The number of aromatic nitrogens is 2. The highest BCUT2D eigenvalue weighted by Crippen LogP contribution is 2.20. The largest absolute Gasteiger partial charge is 0.384 e. The molecule has 0 spiro atoms.